The van der Waals surface area contributed by atoms with Crippen molar-refractivity contribution >= 4 is 11.3 Å². The van der Waals surface area contributed by atoms with Gasteiger partial charge in [-0.2, -0.15) is 0 Å². The van der Waals surface area contributed by atoms with Gasteiger partial charge in [0.1, 0.15) is 0 Å². The SMILES string of the molecule is COCCNCCN(C)Cc1sc(C)nc1C. The predicted octanol–water partition coefficient (Wildman–Crippen LogP) is 1.43. The topological polar surface area (TPSA) is 37.4 Å². The van der Waals surface area contributed by atoms with Gasteiger partial charge in [-0.1, -0.05) is 0 Å². The minimum atomic E-state index is 0.775. The number of nitrogens with zero attached hydrogens (tertiary/aromatic N) is 2. The molecule has 0 atom stereocenters. The van der Waals surface area contributed by atoms with Crippen molar-refractivity contribution in [2.24, 2.45) is 0 Å². The summed E-state index contributed by atoms with van der Waals surface area (Å²) in [5, 5.41) is 4.50. The molecule has 0 fully saturated rings. The molecule has 0 spiro atoms. The van der Waals surface area contributed by atoms with Gasteiger partial charge in [0.2, 0.25) is 0 Å². The first kappa shape index (κ1) is 14.6. The Hall–Kier alpha value is -0.490. The zero-order valence-corrected chi connectivity index (χ0v) is 12.1. The zero-order valence-electron chi connectivity index (χ0n) is 11.2. The lowest BCUT2D eigenvalue weighted by molar-refractivity contribution is 0.197. The van der Waals surface area contributed by atoms with E-state index in [0.29, 0.717) is 0 Å². The van der Waals surface area contributed by atoms with Crippen LogP contribution in [0.2, 0.25) is 0 Å². The molecule has 0 amide bonds. The highest BCUT2D eigenvalue weighted by Crippen LogP contribution is 2.18. The molecule has 0 aliphatic heterocycles. The first-order valence-corrected chi connectivity index (χ1v) is 6.76. The molecule has 0 radical (unpaired) electrons. The monoisotopic (exact) mass is 257 g/mol. The number of aryl methyl sites for hydroxylation is 2. The van der Waals surface area contributed by atoms with Crippen LogP contribution in [-0.4, -0.2) is 50.3 Å². The third kappa shape index (κ3) is 5.59. The molecule has 0 aromatic carbocycles. The molecule has 0 aliphatic carbocycles. The van der Waals surface area contributed by atoms with Gasteiger partial charge in [0.05, 0.1) is 17.3 Å². The van der Waals surface area contributed by atoms with Crippen molar-refractivity contribution in [3.63, 3.8) is 0 Å². The molecule has 0 bridgehead atoms. The van der Waals surface area contributed by atoms with Gasteiger partial charge in [0.25, 0.3) is 0 Å². The van der Waals surface area contributed by atoms with Gasteiger partial charge in [0.15, 0.2) is 0 Å². The van der Waals surface area contributed by atoms with Gasteiger partial charge < -0.3 is 10.1 Å². The maximum Gasteiger partial charge on any atom is 0.0900 e. The first-order chi connectivity index (χ1) is 8.13. The number of hydrogen-bond donors (Lipinski definition) is 1. The van der Waals surface area contributed by atoms with Gasteiger partial charge in [-0.3, -0.25) is 4.90 Å². The van der Waals surface area contributed by atoms with Crippen molar-refractivity contribution in [1.29, 1.82) is 0 Å². The fourth-order valence-electron chi connectivity index (χ4n) is 1.61. The third-order valence-electron chi connectivity index (χ3n) is 2.57. The summed E-state index contributed by atoms with van der Waals surface area (Å²) in [5.74, 6) is 0. The molecular formula is C12H23N3OS. The molecule has 5 heteroatoms. The number of nitrogens with one attached hydrogen (secondary N) is 1. The molecule has 1 aromatic heterocycles. The second kappa shape index (κ2) is 7.76. The lowest BCUT2D eigenvalue weighted by Gasteiger charge is -2.16. The van der Waals surface area contributed by atoms with Crippen LogP contribution < -0.4 is 5.32 Å². The van der Waals surface area contributed by atoms with Crippen molar-refractivity contribution in [2.75, 3.05) is 40.4 Å². The van der Waals surface area contributed by atoms with Gasteiger partial charge in [-0.15, -0.1) is 11.3 Å². The number of methoxy groups -OCH3 is 1. The lowest BCUT2D eigenvalue weighted by Crippen LogP contribution is -2.30. The van der Waals surface area contributed by atoms with Crippen molar-refractivity contribution in [2.45, 2.75) is 20.4 Å². The van der Waals surface area contributed by atoms with Crippen LogP contribution in [-0.2, 0) is 11.3 Å². The molecule has 0 aliphatic rings. The molecule has 0 unspecified atom stereocenters. The van der Waals surface area contributed by atoms with E-state index in [0.717, 1.165) is 37.8 Å². The largest absolute Gasteiger partial charge is 0.383 e. The fourth-order valence-corrected chi connectivity index (χ4v) is 2.63. The lowest BCUT2D eigenvalue weighted by atomic mass is 10.3. The summed E-state index contributed by atoms with van der Waals surface area (Å²) in [7, 11) is 3.87. The standard InChI is InChI=1S/C12H23N3OS/c1-10-12(17-11(2)14-10)9-15(3)7-5-13-6-8-16-4/h13H,5-9H2,1-4H3. The van der Waals surface area contributed by atoms with Gasteiger partial charge in [0, 0.05) is 38.2 Å². The minimum absolute atomic E-state index is 0.775. The molecule has 0 saturated heterocycles. The Morgan fingerprint density at radius 2 is 2.12 bits per heavy atom. The summed E-state index contributed by atoms with van der Waals surface area (Å²) >= 11 is 1.80. The van der Waals surface area contributed by atoms with Crippen LogP contribution in [0, 0.1) is 13.8 Å². The second-order valence-corrected chi connectivity index (χ2v) is 5.51. The molecule has 98 valence electrons. The summed E-state index contributed by atoms with van der Waals surface area (Å²) in [6.07, 6.45) is 0. The maximum absolute atomic E-state index is 4.98. The highest BCUT2D eigenvalue weighted by Gasteiger charge is 2.07. The highest BCUT2D eigenvalue weighted by atomic mass is 32.1. The van der Waals surface area contributed by atoms with E-state index in [2.05, 4.69) is 36.1 Å². The van der Waals surface area contributed by atoms with Gasteiger partial charge in [-0.05, 0) is 20.9 Å². The minimum Gasteiger partial charge on any atom is -0.383 e. The van der Waals surface area contributed by atoms with Crippen LogP contribution in [0.4, 0.5) is 0 Å². The first-order valence-electron chi connectivity index (χ1n) is 5.94. The molecule has 1 N–H and O–H groups in total. The van der Waals surface area contributed by atoms with E-state index in [1.807, 2.05) is 0 Å². The molecule has 17 heavy (non-hydrogen) atoms. The number of ether oxygens (including phenoxy) is 1. The molecule has 1 rings (SSSR count). The van der Waals surface area contributed by atoms with Crippen molar-refractivity contribution < 1.29 is 4.74 Å². The second-order valence-electron chi connectivity index (χ2n) is 4.22. The maximum atomic E-state index is 4.98. The number of hydrogen-bond acceptors (Lipinski definition) is 5. The average molecular weight is 257 g/mol. The van der Waals surface area contributed by atoms with Gasteiger partial charge in [-0.25, -0.2) is 4.98 Å². The third-order valence-corrected chi connectivity index (χ3v) is 3.62. The Labute approximate surface area is 108 Å². The van der Waals surface area contributed by atoms with E-state index < -0.39 is 0 Å². The number of thiazole rings is 1. The summed E-state index contributed by atoms with van der Waals surface area (Å²) in [6, 6.07) is 0. The molecule has 1 heterocycles. The summed E-state index contributed by atoms with van der Waals surface area (Å²) in [4.78, 5) is 8.14. The molecule has 1 aromatic rings. The van der Waals surface area contributed by atoms with E-state index in [1.54, 1.807) is 18.4 Å². The van der Waals surface area contributed by atoms with Crippen LogP contribution in [0.1, 0.15) is 15.6 Å². The molecule has 0 saturated carbocycles. The number of rotatable bonds is 8. The number of aromatic nitrogens is 1. The van der Waals surface area contributed by atoms with Crippen molar-refractivity contribution in [1.82, 2.24) is 15.2 Å². The highest BCUT2D eigenvalue weighted by molar-refractivity contribution is 7.11. The van der Waals surface area contributed by atoms with Crippen LogP contribution >= 0.6 is 11.3 Å². The van der Waals surface area contributed by atoms with E-state index >= 15 is 0 Å². The van der Waals surface area contributed by atoms with Crippen LogP contribution in [0.3, 0.4) is 0 Å². The smallest absolute Gasteiger partial charge is 0.0900 e. The van der Waals surface area contributed by atoms with E-state index in [9.17, 15) is 0 Å². The Morgan fingerprint density at radius 1 is 1.35 bits per heavy atom. The Balaban J connectivity index is 2.20. The van der Waals surface area contributed by atoms with E-state index in [4.69, 9.17) is 4.74 Å². The van der Waals surface area contributed by atoms with Crippen LogP contribution in [0.15, 0.2) is 0 Å². The molecule has 4 nitrogen and oxygen atoms in total. The number of likely N-dealkylation sites (N-methyl/N-ethyl adjacent to an activating group) is 1. The Bertz CT molecular complexity index is 328. The zero-order chi connectivity index (χ0) is 12.7. The van der Waals surface area contributed by atoms with Crippen LogP contribution in [0.5, 0.6) is 0 Å². The normalized spacial score (nSPS) is 11.4. The molecular weight excluding hydrogens is 234 g/mol. The van der Waals surface area contributed by atoms with E-state index in [1.165, 1.54) is 10.6 Å². The summed E-state index contributed by atoms with van der Waals surface area (Å²) < 4.78 is 4.98. The summed E-state index contributed by atoms with van der Waals surface area (Å²) in [6.45, 7) is 8.87. The predicted molar refractivity (Wildman–Crippen MR) is 72.7 cm³/mol. The Morgan fingerprint density at radius 3 is 2.71 bits per heavy atom. The van der Waals surface area contributed by atoms with E-state index in [-0.39, 0.29) is 0 Å². The fraction of sp³-hybridized carbons (Fsp3) is 0.750. The quantitative estimate of drug-likeness (QED) is 0.715. The Kier molecular flexibility index (Phi) is 6.65. The van der Waals surface area contributed by atoms with Crippen molar-refractivity contribution in [3.8, 4) is 0 Å². The van der Waals surface area contributed by atoms with Crippen molar-refractivity contribution in [3.05, 3.63) is 15.6 Å². The summed E-state index contributed by atoms with van der Waals surface area (Å²) in [5.41, 5.74) is 1.17. The van der Waals surface area contributed by atoms with Gasteiger partial charge >= 0.3 is 0 Å². The average Bonchev–Trinajstić information content (AvgIpc) is 2.57. The van der Waals surface area contributed by atoms with Crippen LogP contribution in [0.25, 0.3) is 0 Å².